The minimum Gasteiger partial charge on any atom is -0.481 e. The Morgan fingerprint density at radius 3 is 2.70 bits per heavy atom. The van der Waals surface area contributed by atoms with Crippen molar-refractivity contribution in [2.24, 2.45) is 5.41 Å². The normalized spacial score (nSPS) is 25.8. The molecule has 2 rings (SSSR count). The Morgan fingerprint density at radius 2 is 2.20 bits per heavy atom. The molecule has 0 aliphatic carbocycles. The number of carboxylic acids is 1. The van der Waals surface area contributed by atoms with Crippen molar-refractivity contribution in [1.29, 1.82) is 0 Å². The molecule has 2 atom stereocenters. The highest BCUT2D eigenvalue weighted by Crippen LogP contribution is 2.47. The Morgan fingerprint density at radius 1 is 1.55 bits per heavy atom. The van der Waals surface area contributed by atoms with Crippen LogP contribution in [-0.4, -0.2) is 23.4 Å². The van der Waals surface area contributed by atoms with Crippen LogP contribution in [0.5, 0.6) is 5.75 Å². The van der Waals surface area contributed by atoms with Gasteiger partial charge in [0.25, 0.3) is 0 Å². The van der Waals surface area contributed by atoms with E-state index in [-0.39, 0.29) is 18.6 Å². The molecule has 0 bridgehead atoms. The summed E-state index contributed by atoms with van der Waals surface area (Å²) < 4.78 is 44.4. The van der Waals surface area contributed by atoms with Crippen molar-refractivity contribution >= 4 is 17.6 Å². The van der Waals surface area contributed by atoms with Crippen molar-refractivity contribution in [3.05, 3.63) is 28.8 Å². The molecular weight excluding hydrogens is 297 g/mol. The molecule has 0 amide bonds. The molecule has 1 N–H and O–H groups in total. The number of benzene rings is 1. The van der Waals surface area contributed by atoms with Gasteiger partial charge in [-0.15, -0.1) is 0 Å². The van der Waals surface area contributed by atoms with Gasteiger partial charge in [-0.1, -0.05) is 18.5 Å². The van der Waals surface area contributed by atoms with E-state index in [1.165, 1.54) is 25.1 Å². The Kier molecular flexibility index (Phi) is 3.62. The highest BCUT2D eigenvalue weighted by atomic mass is 35.5. The fourth-order valence-electron chi connectivity index (χ4n) is 2.50. The lowest BCUT2D eigenvalue weighted by Crippen LogP contribution is -2.56. The minimum absolute atomic E-state index is 0.0297. The van der Waals surface area contributed by atoms with Gasteiger partial charge in [0.05, 0.1) is 0 Å². The molecule has 0 spiro atoms. The van der Waals surface area contributed by atoms with Crippen molar-refractivity contribution in [3.8, 4) is 5.75 Å². The lowest BCUT2D eigenvalue weighted by Gasteiger charge is -2.41. The van der Waals surface area contributed by atoms with Crippen LogP contribution in [-0.2, 0) is 11.2 Å². The number of aliphatic carboxylic acids is 1. The summed E-state index contributed by atoms with van der Waals surface area (Å²) in [5.41, 5.74) is -1.65. The monoisotopic (exact) mass is 308 g/mol. The average molecular weight is 309 g/mol. The van der Waals surface area contributed by atoms with E-state index in [9.17, 15) is 23.1 Å². The van der Waals surface area contributed by atoms with Gasteiger partial charge in [-0.2, -0.15) is 13.2 Å². The van der Waals surface area contributed by atoms with Gasteiger partial charge in [0.2, 0.25) is 6.10 Å². The zero-order chi connectivity index (χ0) is 15.1. The molecule has 0 saturated carbocycles. The molecule has 110 valence electrons. The van der Waals surface area contributed by atoms with Crippen molar-refractivity contribution in [1.82, 2.24) is 0 Å². The van der Waals surface area contributed by atoms with Gasteiger partial charge >= 0.3 is 12.1 Å². The molecule has 1 aliphatic rings. The average Bonchev–Trinajstić information content (AvgIpc) is 2.35. The van der Waals surface area contributed by atoms with Gasteiger partial charge in [0, 0.05) is 5.02 Å². The number of alkyl halides is 3. The summed E-state index contributed by atoms with van der Waals surface area (Å²) in [7, 11) is 0. The summed E-state index contributed by atoms with van der Waals surface area (Å²) in [6.07, 6.45) is -7.59. The highest BCUT2D eigenvalue weighted by Gasteiger charge is 2.61. The maximum Gasteiger partial charge on any atom is 0.426 e. The highest BCUT2D eigenvalue weighted by molar-refractivity contribution is 6.30. The van der Waals surface area contributed by atoms with E-state index in [0.717, 1.165) is 0 Å². The van der Waals surface area contributed by atoms with E-state index in [1.807, 2.05) is 0 Å². The fraction of sp³-hybridized carbons (Fsp3) is 0.462. The number of hydrogen-bond acceptors (Lipinski definition) is 2. The topological polar surface area (TPSA) is 46.5 Å². The van der Waals surface area contributed by atoms with Gasteiger partial charge < -0.3 is 9.84 Å². The molecule has 20 heavy (non-hydrogen) atoms. The van der Waals surface area contributed by atoms with Crippen molar-refractivity contribution < 1.29 is 27.8 Å². The van der Waals surface area contributed by atoms with Gasteiger partial charge in [0.1, 0.15) is 11.2 Å². The molecule has 7 heteroatoms. The Bertz CT molecular complexity index is 544. The van der Waals surface area contributed by atoms with Crippen LogP contribution in [0.1, 0.15) is 18.9 Å². The number of carboxylic acid groups (broad SMARTS) is 1. The lowest BCUT2D eigenvalue weighted by molar-refractivity contribution is -0.238. The third-order valence-electron chi connectivity index (χ3n) is 3.63. The number of ether oxygens (including phenoxy) is 1. The summed E-state index contributed by atoms with van der Waals surface area (Å²) in [4.78, 5) is 11.4. The number of halogens is 4. The van der Waals surface area contributed by atoms with Crippen LogP contribution in [0.3, 0.4) is 0 Å². The van der Waals surface area contributed by atoms with Crippen LogP contribution in [0.25, 0.3) is 0 Å². The SMILES string of the molecule is CCC1(C(=O)O)Cc2cc(Cl)ccc2OC1C(F)(F)F. The van der Waals surface area contributed by atoms with E-state index in [2.05, 4.69) is 0 Å². The molecule has 0 saturated heterocycles. The Balaban J connectivity index is 2.57. The number of fused-ring (bicyclic) bond motifs is 1. The summed E-state index contributed by atoms with van der Waals surface area (Å²) >= 11 is 5.79. The molecule has 1 aromatic rings. The predicted molar refractivity (Wildman–Crippen MR) is 66.0 cm³/mol. The van der Waals surface area contributed by atoms with Gasteiger partial charge in [0.15, 0.2) is 0 Å². The maximum atomic E-state index is 13.1. The molecule has 0 aromatic heterocycles. The van der Waals surface area contributed by atoms with Crippen molar-refractivity contribution in [3.63, 3.8) is 0 Å². The lowest BCUT2D eigenvalue weighted by atomic mass is 9.72. The van der Waals surface area contributed by atoms with E-state index in [1.54, 1.807) is 0 Å². The minimum atomic E-state index is -4.76. The van der Waals surface area contributed by atoms with Crippen molar-refractivity contribution in [2.45, 2.75) is 32.0 Å². The van der Waals surface area contributed by atoms with Gasteiger partial charge in [-0.05, 0) is 36.6 Å². The molecule has 1 heterocycles. The summed E-state index contributed by atoms with van der Waals surface area (Å²) in [6.45, 7) is 1.41. The summed E-state index contributed by atoms with van der Waals surface area (Å²) in [5.74, 6) is -1.49. The second-order valence-corrected chi connectivity index (χ2v) is 5.22. The van der Waals surface area contributed by atoms with Crippen LogP contribution in [0.15, 0.2) is 18.2 Å². The van der Waals surface area contributed by atoms with Crippen molar-refractivity contribution in [2.75, 3.05) is 0 Å². The smallest absolute Gasteiger partial charge is 0.426 e. The molecule has 0 radical (unpaired) electrons. The van der Waals surface area contributed by atoms with E-state index < -0.39 is 23.7 Å². The maximum absolute atomic E-state index is 13.1. The first-order chi connectivity index (χ1) is 9.20. The van der Waals surface area contributed by atoms with Gasteiger partial charge in [-0.25, -0.2) is 0 Å². The second-order valence-electron chi connectivity index (χ2n) is 4.78. The van der Waals surface area contributed by atoms with E-state index in [4.69, 9.17) is 16.3 Å². The Hall–Kier alpha value is -1.43. The zero-order valence-corrected chi connectivity index (χ0v) is 11.3. The molecule has 3 nitrogen and oxygen atoms in total. The number of rotatable bonds is 2. The fourth-order valence-corrected chi connectivity index (χ4v) is 2.70. The molecular formula is C13H12ClF3O3. The van der Waals surface area contributed by atoms with Crippen LogP contribution < -0.4 is 4.74 Å². The first-order valence-corrected chi connectivity index (χ1v) is 6.33. The number of hydrogen-bond donors (Lipinski definition) is 1. The van der Waals surface area contributed by atoms with Gasteiger partial charge in [-0.3, -0.25) is 4.79 Å². The first kappa shape index (κ1) is 15.0. The standard InChI is InChI=1S/C13H12ClF3O3/c1-2-12(11(18)19)6-7-5-8(14)3-4-9(7)20-10(12)13(15,16)17/h3-5,10H,2,6H2,1H3,(H,18,19). The van der Waals surface area contributed by atoms with E-state index in [0.29, 0.717) is 10.6 Å². The third kappa shape index (κ3) is 2.32. The predicted octanol–water partition coefficient (Wildman–Crippen LogP) is 3.69. The first-order valence-electron chi connectivity index (χ1n) is 5.96. The summed E-state index contributed by atoms with van der Waals surface area (Å²) in [5, 5.41) is 9.63. The number of carbonyl (C=O) groups is 1. The molecule has 0 fully saturated rings. The van der Waals surface area contributed by atoms with Crippen LogP contribution >= 0.6 is 11.6 Å². The largest absolute Gasteiger partial charge is 0.481 e. The van der Waals surface area contributed by atoms with Crippen LogP contribution in [0, 0.1) is 5.41 Å². The Labute approximate surface area is 118 Å². The van der Waals surface area contributed by atoms with Crippen LogP contribution in [0.2, 0.25) is 5.02 Å². The van der Waals surface area contributed by atoms with Crippen LogP contribution in [0.4, 0.5) is 13.2 Å². The van der Waals surface area contributed by atoms with E-state index >= 15 is 0 Å². The molecule has 1 aromatic carbocycles. The quantitative estimate of drug-likeness (QED) is 0.906. The molecule has 1 aliphatic heterocycles. The zero-order valence-electron chi connectivity index (χ0n) is 10.5. The second kappa shape index (κ2) is 4.84. The molecule has 2 unspecified atom stereocenters. The third-order valence-corrected chi connectivity index (χ3v) is 3.86. The summed E-state index contributed by atoms with van der Waals surface area (Å²) in [6, 6.07) is 4.18.